The maximum atomic E-state index is 12.5. The van der Waals surface area contributed by atoms with Gasteiger partial charge in [-0.25, -0.2) is 4.98 Å². The second-order valence-electron chi connectivity index (χ2n) is 7.51. The molecular weight excluding hydrogens is 376 g/mol. The Morgan fingerprint density at radius 3 is 3.04 bits per heavy atom. The van der Waals surface area contributed by atoms with Gasteiger partial charge in [-0.05, 0) is 37.3 Å². The van der Waals surface area contributed by atoms with Crippen molar-refractivity contribution in [2.45, 2.75) is 46.2 Å². The first kappa shape index (κ1) is 20.5. The first-order chi connectivity index (χ1) is 13.4. The number of nitrogens with one attached hydrogen (secondary N) is 2. The number of hydrogen-bond acceptors (Lipinski definition) is 6. The van der Waals surface area contributed by atoms with Gasteiger partial charge in [-0.2, -0.15) is 0 Å². The number of aromatic nitrogens is 1. The Bertz CT molecular complexity index is 800. The molecule has 0 aliphatic carbocycles. The maximum absolute atomic E-state index is 12.5. The van der Waals surface area contributed by atoms with Crippen molar-refractivity contribution in [1.82, 2.24) is 20.5 Å². The van der Waals surface area contributed by atoms with Crippen LogP contribution in [-0.4, -0.2) is 47.4 Å². The number of piperazine rings is 1. The molecule has 0 spiro atoms. The highest BCUT2D eigenvalue weighted by Gasteiger charge is 2.31. The third-order valence-corrected chi connectivity index (χ3v) is 5.75. The van der Waals surface area contributed by atoms with Crippen LogP contribution in [0.3, 0.4) is 0 Å². The van der Waals surface area contributed by atoms with E-state index in [-0.39, 0.29) is 18.2 Å². The van der Waals surface area contributed by atoms with Crippen molar-refractivity contribution in [3.8, 4) is 10.8 Å². The Morgan fingerprint density at radius 2 is 2.32 bits per heavy atom. The van der Waals surface area contributed by atoms with E-state index in [9.17, 15) is 9.59 Å². The lowest BCUT2D eigenvalue weighted by Gasteiger charge is -2.35. The van der Waals surface area contributed by atoms with Crippen molar-refractivity contribution in [2.24, 2.45) is 5.92 Å². The number of rotatable bonds is 8. The molecule has 0 bridgehead atoms. The summed E-state index contributed by atoms with van der Waals surface area (Å²) in [6, 6.07) is 3.49. The van der Waals surface area contributed by atoms with E-state index in [1.807, 2.05) is 24.4 Å². The smallest absolute Gasteiger partial charge is 0.237 e. The predicted molar refractivity (Wildman–Crippen MR) is 109 cm³/mol. The molecule has 2 N–H and O–H groups in total. The molecule has 8 heteroatoms. The summed E-state index contributed by atoms with van der Waals surface area (Å²) in [5.74, 6) is 1.60. The van der Waals surface area contributed by atoms with Crippen molar-refractivity contribution in [3.63, 3.8) is 0 Å². The number of carbonyl (C=O) groups is 2. The van der Waals surface area contributed by atoms with Gasteiger partial charge in [0.25, 0.3) is 0 Å². The summed E-state index contributed by atoms with van der Waals surface area (Å²) < 4.78 is 5.71. The number of carbonyl (C=O) groups excluding carboxylic acids is 2. The van der Waals surface area contributed by atoms with Crippen LogP contribution in [0.4, 0.5) is 0 Å². The van der Waals surface area contributed by atoms with Crippen molar-refractivity contribution < 1.29 is 14.0 Å². The molecular formula is C20H28N4O3S. The zero-order chi connectivity index (χ0) is 20.1. The molecule has 152 valence electrons. The Morgan fingerprint density at radius 1 is 1.50 bits per heavy atom. The molecule has 3 rings (SSSR count). The molecule has 0 radical (unpaired) electrons. The highest BCUT2D eigenvalue weighted by molar-refractivity contribution is 7.13. The fourth-order valence-corrected chi connectivity index (χ4v) is 3.85. The number of amides is 2. The average Bonchev–Trinajstić information content (AvgIpc) is 3.30. The molecule has 1 fully saturated rings. The van der Waals surface area contributed by atoms with E-state index in [1.165, 1.54) is 0 Å². The van der Waals surface area contributed by atoms with Gasteiger partial charge in [0.05, 0.1) is 23.9 Å². The molecule has 3 heterocycles. The highest BCUT2D eigenvalue weighted by atomic mass is 32.1. The summed E-state index contributed by atoms with van der Waals surface area (Å²) in [5.41, 5.74) is 0.710. The average molecular weight is 405 g/mol. The second kappa shape index (κ2) is 9.34. The van der Waals surface area contributed by atoms with Gasteiger partial charge in [-0.1, -0.05) is 19.9 Å². The fourth-order valence-electron chi connectivity index (χ4n) is 3.20. The molecule has 1 saturated heterocycles. The molecule has 2 aromatic rings. The van der Waals surface area contributed by atoms with Crippen LogP contribution in [0.1, 0.15) is 38.1 Å². The molecule has 2 aromatic heterocycles. The monoisotopic (exact) mass is 404 g/mol. The molecule has 28 heavy (non-hydrogen) atoms. The van der Waals surface area contributed by atoms with Crippen LogP contribution in [0.15, 0.2) is 21.9 Å². The van der Waals surface area contributed by atoms with E-state index in [1.54, 1.807) is 11.3 Å². The Kier molecular flexibility index (Phi) is 6.85. The van der Waals surface area contributed by atoms with E-state index in [0.717, 1.165) is 24.4 Å². The first-order valence-electron chi connectivity index (χ1n) is 9.72. The SMILES string of the molecule is Cc1oc(-c2cccs2)nc1CNC(=O)C[C@@H]1C(=O)NCCN1CCC(C)C. The zero-order valence-corrected chi connectivity index (χ0v) is 17.5. The van der Waals surface area contributed by atoms with Gasteiger partial charge < -0.3 is 15.1 Å². The van der Waals surface area contributed by atoms with Crippen molar-refractivity contribution >= 4 is 23.2 Å². The van der Waals surface area contributed by atoms with Gasteiger partial charge >= 0.3 is 0 Å². The van der Waals surface area contributed by atoms with Gasteiger partial charge in [0.1, 0.15) is 11.5 Å². The molecule has 0 unspecified atom stereocenters. The Hall–Kier alpha value is -2.19. The molecule has 1 aliphatic rings. The Balaban J connectivity index is 1.56. The maximum Gasteiger partial charge on any atom is 0.237 e. The van der Waals surface area contributed by atoms with Gasteiger partial charge in [0.15, 0.2) is 0 Å². The lowest BCUT2D eigenvalue weighted by atomic mass is 10.1. The summed E-state index contributed by atoms with van der Waals surface area (Å²) in [5, 5.41) is 7.73. The van der Waals surface area contributed by atoms with E-state index < -0.39 is 6.04 Å². The minimum atomic E-state index is -0.410. The van der Waals surface area contributed by atoms with Crippen LogP contribution in [0.2, 0.25) is 0 Å². The summed E-state index contributed by atoms with van der Waals surface area (Å²) in [6.45, 7) is 8.71. The second-order valence-corrected chi connectivity index (χ2v) is 8.45. The summed E-state index contributed by atoms with van der Waals surface area (Å²) >= 11 is 1.56. The third-order valence-electron chi connectivity index (χ3n) is 4.89. The quantitative estimate of drug-likeness (QED) is 0.706. The third kappa shape index (κ3) is 5.20. The topological polar surface area (TPSA) is 87.5 Å². The number of thiophene rings is 1. The van der Waals surface area contributed by atoms with Gasteiger partial charge in [0.2, 0.25) is 17.7 Å². The summed E-state index contributed by atoms with van der Waals surface area (Å²) in [7, 11) is 0. The van der Waals surface area contributed by atoms with E-state index >= 15 is 0 Å². The van der Waals surface area contributed by atoms with Gasteiger partial charge in [-0.3, -0.25) is 14.5 Å². The summed E-state index contributed by atoms with van der Waals surface area (Å²) in [6.07, 6.45) is 1.16. The molecule has 0 aromatic carbocycles. The van der Waals surface area contributed by atoms with Crippen molar-refractivity contribution in [1.29, 1.82) is 0 Å². The van der Waals surface area contributed by atoms with Gasteiger partial charge in [0, 0.05) is 13.1 Å². The number of hydrogen-bond donors (Lipinski definition) is 2. The number of aryl methyl sites for hydroxylation is 1. The van der Waals surface area contributed by atoms with Gasteiger partial charge in [-0.15, -0.1) is 11.3 Å². The first-order valence-corrected chi connectivity index (χ1v) is 10.6. The van der Waals surface area contributed by atoms with Crippen LogP contribution in [-0.2, 0) is 16.1 Å². The molecule has 1 aliphatic heterocycles. The van der Waals surface area contributed by atoms with Crippen LogP contribution >= 0.6 is 11.3 Å². The molecule has 7 nitrogen and oxygen atoms in total. The fraction of sp³-hybridized carbons (Fsp3) is 0.550. The van der Waals surface area contributed by atoms with Crippen LogP contribution in [0.25, 0.3) is 10.8 Å². The molecule has 1 atom stereocenters. The minimum Gasteiger partial charge on any atom is -0.440 e. The molecule has 2 amide bonds. The lowest BCUT2D eigenvalue weighted by Crippen LogP contribution is -2.56. The standard InChI is InChI=1S/C20H28N4O3S/c1-13(2)6-8-24-9-7-21-19(26)16(24)11-18(25)22-12-15-14(3)27-20(23-15)17-5-4-10-28-17/h4-5,10,13,16H,6-9,11-12H2,1-3H3,(H,21,26)(H,22,25)/t16-/m1/s1. The summed E-state index contributed by atoms with van der Waals surface area (Å²) in [4.78, 5) is 32.3. The van der Waals surface area contributed by atoms with Crippen molar-refractivity contribution in [3.05, 3.63) is 29.0 Å². The van der Waals surface area contributed by atoms with Crippen LogP contribution in [0, 0.1) is 12.8 Å². The van der Waals surface area contributed by atoms with Crippen molar-refractivity contribution in [2.75, 3.05) is 19.6 Å². The lowest BCUT2D eigenvalue weighted by molar-refractivity contribution is -0.134. The number of oxazole rings is 1. The van der Waals surface area contributed by atoms with E-state index in [2.05, 4.69) is 34.4 Å². The molecule has 0 saturated carbocycles. The largest absolute Gasteiger partial charge is 0.440 e. The van der Waals surface area contributed by atoms with Crippen LogP contribution < -0.4 is 10.6 Å². The predicted octanol–water partition coefficient (Wildman–Crippen LogP) is 2.56. The highest BCUT2D eigenvalue weighted by Crippen LogP contribution is 2.25. The minimum absolute atomic E-state index is 0.0669. The van der Waals surface area contributed by atoms with Crippen LogP contribution in [0.5, 0.6) is 0 Å². The Labute approximate surface area is 169 Å². The normalized spacial score (nSPS) is 17.7. The zero-order valence-electron chi connectivity index (χ0n) is 16.7. The van der Waals surface area contributed by atoms with E-state index in [0.29, 0.717) is 36.4 Å². The number of nitrogens with zero attached hydrogens (tertiary/aromatic N) is 2. The van der Waals surface area contributed by atoms with E-state index in [4.69, 9.17) is 4.42 Å².